The van der Waals surface area contributed by atoms with Crippen molar-refractivity contribution in [3.8, 4) is 21.6 Å². The average Bonchev–Trinajstić information content (AvgIpc) is 3.49. The number of benzene rings is 2. The van der Waals surface area contributed by atoms with Gasteiger partial charge in [0.05, 0.1) is 10.5 Å². The standard InChI is InChI=1S/C29H24N2O5S3/c1-3-30(4-2)20-10-9-19-13-22(28(35)36-23(19)14-20)17-5-7-18(8-6-17)24-12-11-21(38-24)15-25-27(34)31(16-26(32)33)29(37)39-25/h5-15H,3-4,16H2,1-2H3,(H,32,33)/b25-15-. The fourth-order valence-corrected chi connectivity index (χ4v) is 6.66. The maximum Gasteiger partial charge on any atom is 0.344 e. The van der Waals surface area contributed by atoms with E-state index in [0.29, 0.717) is 16.1 Å². The van der Waals surface area contributed by atoms with Crippen LogP contribution in [0, 0.1) is 0 Å². The quantitative estimate of drug-likeness (QED) is 0.148. The molecule has 1 fully saturated rings. The molecule has 10 heteroatoms. The van der Waals surface area contributed by atoms with Gasteiger partial charge >= 0.3 is 11.6 Å². The summed E-state index contributed by atoms with van der Waals surface area (Å²) in [5, 5.41) is 9.87. The second-order valence-electron chi connectivity index (χ2n) is 8.78. The number of hydrogen-bond acceptors (Lipinski definition) is 8. The Hall–Kier alpha value is -3.73. The molecule has 1 N–H and O–H groups in total. The maximum absolute atomic E-state index is 12.8. The van der Waals surface area contributed by atoms with E-state index in [4.69, 9.17) is 21.7 Å². The van der Waals surface area contributed by atoms with Crippen LogP contribution in [-0.2, 0) is 9.59 Å². The van der Waals surface area contributed by atoms with Crippen LogP contribution in [0.15, 0.2) is 74.8 Å². The van der Waals surface area contributed by atoms with E-state index in [-0.39, 0.29) is 9.95 Å². The molecule has 3 heterocycles. The fourth-order valence-electron chi connectivity index (χ4n) is 4.39. The molecule has 7 nitrogen and oxygen atoms in total. The van der Waals surface area contributed by atoms with E-state index in [1.807, 2.05) is 60.7 Å². The Kier molecular flexibility index (Phi) is 7.69. The predicted octanol–water partition coefficient (Wildman–Crippen LogP) is 6.32. The lowest BCUT2D eigenvalue weighted by molar-refractivity contribution is -0.140. The normalized spacial score (nSPS) is 14.5. The number of thioether (sulfide) groups is 1. The topological polar surface area (TPSA) is 91.1 Å². The summed E-state index contributed by atoms with van der Waals surface area (Å²) < 4.78 is 5.93. The van der Waals surface area contributed by atoms with E-state index in [1.165, 1.54) is 11.3 Å². The van der Waals surface area contributed by atoms with Crippen molar-refractivity contribution in [2.24, 2.45) is 0 Å². The zero-order valence-electron chi connectivity index (χ0n) is 21.2. The van der Waals surface area contributed by atoms with Gasteiger partial charge in [-0.2, -0.15) is 0 Å². The molecule has 0 aliphatic carbocycles. The number of rotatable bonds is 8. The van der Waals surface area contributed by atoms with Crippen LogP contribution in [0.3, 0.4) is 0 Å². The summed E-state index contributed by atoms with van der Waals surface area (Å²) >= 11 is 7.76. The lowest BCUT2D eigenvalue weighted by Crippen LogP contribution is -2.33. The smallest absolute Gasteiger partial charge is 0.344 e. The molecule has 198 valence electrons. The van der Waals surface area contributed by atoms with Gasteiger partial charge in [0.2, 0.25) is 0 Å². The van der Waals surface area contributed by atoms with Crippen molar-refractivity contribution in [3.63, 3.8) is 0 Å². The first kappa shape index (κ1) is 26.9. The second-order valence-corrected chi connectivity index (χ2v) is 11.6. The molecule has 1 aliphatic heterocycles. The van der Waals surface area contributed by atoms with Crippen LogP contribution in [0.5, 0.6) is 0 Å². The first-order valence-electron chi connectivity index (χ1n) is 12.3. The van der Waals surface area contributed by atoms with Gasteiger partial charge in [-0.25, -0.2) is 4.79 Å². The number of thiocarbonyl (C=S) groups is 1. The molecule has 2 aromatic carbocycles. The lowest BCUT2D eigenvalue weighted by atomic mass is 10.0. The van der Waals surface area contributed by atoms with E-state index in [9.17, 15) is 14.4 Å². The third-order valence-corrected chi connectivity index (χ3v) is 8.85. The summed E-state index contributed by atoms with van der Waals surface area (Å²) in [6.45, 7) is 5.48. The van der Waals surface area contributed by atoms with Crippen LogP contribution in [-0.4, -0.2) is 45.8 Å². The molecule has 2 aromatic heterocycles. The molecule has 0 radical (unpaired) electrons. The summed E-state index contributed by atoms with van der Waals surface area (Å²) in [7, 11) is 0. The highest BCUT2D eigenvalue weighted by Gasteiger charge is 2.33. The number of nitrogens with zero attached hydrogens (tertiary/aromatic N) is 2. The number of aliphatic carboxylic acids is 1. The number of amides is 1. The SMILES string of the molecule is CCN(CC)c1ccc2cc(-c3ccc(-c4ccc(/C=C5\SC(=S)N(CC(=O)O)C5=O)s4)cc3)c(=O)oc2c1. The summed E-state index contributed by atoms with van der Waals surface area (Å²) in [5.74, 6) is -1.51. The van der Waals surface area contributed by atoms with Gasteiger partial charge in [0.15, 0.2) is 0 Å². The Labute approximate surface area is 238 Å². The third kappa shape index (κ3) is 5.54. The molecule has 4 aromatic rings. The van der Waals surface area contributed by atoms with Crippen molar-refractivity contribution in [2.75, 3.05) is 24.5 Å². The van der Waals surface area contributed by atoms with Gasteiger partial charge in [-0.15, -0.1) is 11.3 Å². The first-order chi connectivity index (χ1) is 18.8. The highest BCUT2D eigenvalue weighted by atomic mass is 32.2. The summed E-state index contributed by atoms with van der Waals surface area (Å²) in [4.78, 5) is 41.9. The van der Waals surface area contributed by atoms with Crippen LogP contribution in [0.25, 0.3) is 38.6 Å². The number of hydrogen-bond donors (Lipinski definition) is 1. The van der Waals surface area contributed by atoms with E-state index in [1.54, 1.807) is 6.08 Å². The van der Waals surface area contributed by atoms with Gasteiger partial charge in [-0.3, -0.25) is 14.5 Å². The van der Waals surface area contributed by atoms with Gasteiger partial charge in [-0.1, -0.05) is 48.2 Å². The molecule has 0 spiro atoms. The summed E-state index contributed by atoms with van der Waals surface area (Å²) in [5.41, 5.74) is 3.44. The Morgan fingerprint density at radius 1 is 1.03 bits per heavy atom. The molecule has 39 heavy (non-hydrogen) atoms. The Morgan fingerprint density at radius 3 is 2.44 bits per heavy atom. The highest BCUT2D eigenvalue weighted by Crippen LogP contribution is 2.36. The number of thiophene rings is 1. The number of fused-ring (bicyclic) bond motifs is 1. The number of carboxylic acid groups (broad SMARTS) is 1. The minimum atomic E-state index is -1.11. The molecular weight excluding hydrogens is 553 g/mol. The molecule has 0 unspecified atom stereocenters. The second kappa shape index (κ2) is 11.2. The van der Waals surface area contributed by atoms with Crippen molar-refractivity contribution in [1.82, 2.24) is 4.90 Å². The molecule has 0 bridgehead atoms. The zero-order valence-corrected chi connectivity index (χ0v) is 23.6. The van der Waals surface area contributed by atoms with E-state index >= 15 is 0 Å². The predicted molar refractivity (Wildman–Crippen MR) is 162 cm³/mol. The highest BCUT2D eigenvalue weighted by molar-refractivity contribution is 8.26. The molecular formula is C29H24N2O5S3. The Bertz CT molecular complexity index is 1680. The van der Waals surface area contributed by atoms with Gasteiger partial charge in [-0.05, 0) is 61.4 Å². The zero-order chi connectivity index (χ0) is 27.7. The Balaban J connectivity index is 1.37. The average molecular weight is 577 g/mol. The first-order valence-corrected chi connectivity index (χ1v) is 14.3. The van der Waals surface area contributed by atoms with E-state index < -0.39 is 18.4 Å². The lowest BCUT2D eigenvalue weighted by Gasteiger charge is -2.21. The van der Waals surface area contributed by atoms with E-state index in [2.05, 4.69) is 18.7 Å². The molecule has 0 atom stereocenters. The van der Waals surface area contributed by atoms with Crippen LogP contribution in [0.2, 0.25) is 0 Å². The number of carbonyl (C=O) groups is 2. The van der Waals surface area contributed by atoms with Crippen molar-refractivity contribution < 1.29 is 19.1 Å². The van der Waals surface area contributed by atoms with Crippen molar-refractivity contribution >= 4 is 74.2 Å². The van der Waals surface area contributed by atoms with Crippen molar-refractivity contribution in [2.45, 2.75) is 13.8 Å². The van der Waals surface area contributed by atoms with Crippen LogP contribution in [0.4, 0.5) is 5.69 Å². The maximum atomic E-state index is 12.8. The molecule has 1 aliphatic rings. The molecule has 1 saturated heterocycles. The van der Waals surface area contributed by atoms with Crippen molar-refractivity contribution in [1.29, 1.82) is 0 Å². The summed E-state index contributed by atoms with van der Waals surface area (Å²) in [6, 6.07) is 19.4. The van der Waals surface area contributed by atoms with E-state index in [0.717, 1.165) is 61.7 Å². The fraction of sp³-hybridized carbons (Fsp3) is 0.172. The van der Waals surface area contributed by atoms with Gasteiger partial charge < -0.3 is 14.4 Å². The number of carboxylic acids is 1. The number of anilines is 1. The molecule has 5 rings (SSSR count). The minimum Gasteiger partial charge on any atom is -0.480 e. The Morgan fingerprint density at radius 2 is 1.74 bits per heavy atom. The minimum absolute atomic E-state index is 0.239. The van der Waals surface area contributed by atoms with Crippen molar-refractivity contribution in [3.05, 3.63) is 80.9 Å². The monoisotopic (exact) mass is 576 g/mol. The molecule has 0 saturated carbocycles. The van der Waals surface area contributed by atoms with Crippen LogP contribution < -0.4 is 10.5 Å². The van der Waals surface area contributed by atoms with Crippen LogP contribution >= 0.6 is 35.3 Å². The number of carbonyl (C=O) groups excluding carboxylic acids is 1. The van der Waals surface area contributed by atoms with Gasteiger partial charge in [0.25, 0.3) is 5.91 Å². The largest absolute Gasteiger partial charge is 0.480 e. The summed E-state index contributed by atoms with van der Waals surface area (Å²) in [6.07, 6.45) is 1.73. The van der Waals surface area contributed by atoms with Gasteiger partial charge in [0, 0.05) is 40.0 Å². The van der Waals surface area contributed by atoms with Crippen LogP contribution in [0.1, 0.15) is 18.7 Å². The third-order valence-electron chi connectivity index (χ3n) is 6.40. The van der Waals surface area contributed by atoms with Gasteiger partial charge in [0.1, 0.15) is 16.4 Å². The molecule has 1 amide bonds.